The quantitative estimate of drug-likeness (QED) is 0.545. The van der Waals surface area contributed by atoms with Crippen LogP contribution >= 0.6 is 24.0 Å². The van der Waals surface area contributed by atoms with Crippen LogP contribution in [0.5, 0.6) is 5.75 Å². The maximum absolute atomic E-state index is 12.0. The summed E-state index contributed by atoms with van der Waals surface area (Å²) in [5.41, 5.74) is 3.06. The third-order valence-corrected chi connectivity index (χ3v) is 5.45. The van der Waals surface area contributed by atoms with Crippen molar-refractivity contribution < 1.29 is 9.53 Å². The molecule has 0 radical (unpaired) electrons. The molecule has 0 atom stereocenters. The minimum Gasteiger partial charge on any atom is -0.488 e. The summed E-state index contributed by atoms with van der Waals surface area (Å²) in [6.07, 6.45) is 1.84. The molecule has 0 aromatic heterocycles. The number of rotatable bonds is 7. The average molecular weight is 399 g/mol. The highest BCUT2D eigenvalue weighted by Crippen LogP contribution is 2.32. The van der Waals surface area contributed by atoms with E-state index >= 15 is 0 Å². The van der Waals surface area contributed by atoms with E-state index in [2.05, 4.69) is 30.1 Å². The molecule has 1 saturated heterocycles. The number of nitrogens with zero attached hydrogens (tertiary/aromatic N) is 1. The predicted octanol–water partition coefficient (Wildman–Crippen LogP) is 4.60. The summed E-state index contributed by atoms with van der Waals surface area (Å²) < 4.78 is 6.61. The molecule has 1 aliphatic rings. The summed E-state index contributed by atoms with van der Waals surface area (Å²) in [4.78, 5) is 14.9. The molecule has 0 bridgehead atoms. The number of nitrogens with one attached hydrogen (secondary N) is 1. The standard InChI is InChI=1S/C21H22N2O2S2/c1-3-23(4-2)17-11-10-16(12-19-20(24)22-21(26)27-19)18(13-17)25-14-15-8-6-5-7-9-15/h5-13H,3-4,14H2,1-2H3,(H,22,24,26)/b19-12+. The number of amides is 1. The van der Waals surface area contributed by atoms with Crippen LogP contribution in [-0.4, -0.2) is 23.3 Å². The Kier molecular flexibility index (Phi) is 6.53. The third kappa shape index (κ3) is 4.90. The first-order chi connectivity index (χ1) is 13.1. The second kappa shape index (κ2) is 9.06. The van der Waals surface area contributed by atoms with Gasteiger partial charge in [0.15, 0.2) is 0 Å². The van der Waals surface area contributed by atoms with Crippen LogP contribution < -0.4 is 15.0 Å². The van der Waals surface area contributed by atoms with Crippen molar-refractivity contribution >= 4 is 46.0 Å². The summed E-state index contributed by atoms with van der Waals surface area (Å²) >= 11 is 6.35. The molecule has 0 unspecified atom stereocenters. The Morgan fingerprint density at radius 1 is 1.15 bits per heavy atom. The first kappa shape index (κ1) is 19.5. The first-order valence-corrected chi connectivity index (χ1v) is 10.1. The van der Waals surface area contributed by atoms with Gasteiger partial charge in [-0.05, 0) is 37.6 Å². The van der Waals surface area contributed by atoms with Crippen molar-refractivity contribution in [2.45, 2.75) is 20.5 Å². The average Bonchev–Trinajstić information content (AvgIpc) is 3.00. The molecule has 3 rings (SSSR count). The van der Waals surface area contributed by atoms with Gasteiger partial charge in [0.2, 0.25) is 0 Å². The molecule has 2 aromatic carbocycles. The fourth-order valence-corrected chi connectivity index (χ4v) is 3.89. The normalized spacial score (nSPS) is 15.1. The lowest BCUT2D eigenvalue weighted by atomic mass is 10.1. The van der Waals surface area contributed by atoms with Crippen LogP contribution in [0.4, 0.5) is 5.69 Å². The largest absolute Gasteiger partial charge is 0.488 e. The number of benzene rings is 2. The topological polar surface area (TPSA) is 41.6 Å². The minimum atomic E-state index is -0.160. The molecule has 1 N–H and O–H groups in total. The lowest BCUT2D eigenvalue weighted by Gasteiger charge is -2.22. The van der Waals surface area contributed by atoms with Crippen LogP contribution in [0.3, 0.4) is 0 Å². The second-order valence-corrected chi connectivity index (χ2v) is 7.74. The summed E-state index contributed by atoms with van der Waals surface area (Å²) in [6, 6.07) is 16.1. The number of thioether (sulfide) groups is 1. The molecule has 0 spiro atoms. The van der Waals surface area contributed by atoms with Crippen molar-refractivity contribution in [2.24, 2.45) is 0 Å². The summed E-state index contributed by atoms with van der Waals surface area (Å²) in [7, 11) is 0. The monoisotopic (exact) mass is 398 g/mol. The minimum absolute atomic E-state index is 0.160. The van der Waals surface area contributed by atoms with Gasteiger partial charge in [-0.25, -0.2) is 0 Å². The maximum atomic E-state index is 12.0. The van der Waals surface area contributed by atoms with Crippen molar-refractivity contribution in [3.63, 3.8) is 0 Å². The van der Waals surface area contributed by atoms with Gasteiger partial charge in [0, 0.05) is 30.4 Å². The smallest absolute Gasteiger partial charge is 0.263 e. The molecule has 0 aliphatic carbocycles. The molecule has 1 heterocycles. The number of hydrogen-bond acceptors (Lipinski definition) is 5. The van der Waals surface area contributed by atoms with Crippen LogP contribution in [0.1, 0.15) is 25.0 Å². The van der Waals surface area contributed by atoms with Crippen molar-refractivity contribution in [1.29, 1.82) is 0 Å². The number of carbonyl (C=O) groups is 1. The van der Waals surface area contributed by atoms with Gasteiger partial charge in [-0.1, -0.05) is 54.3 Å². The Morgan fingerprint density at radius 2 is 1.89 bits per heavy atom. The van der Waals surface area contributed by atoms with Crippen molar-refractivity contribution in [2.75, 3.05) is 18.0 Å². The molecular weight excluding hydrogens is 376 g/mol. The van der Waals surface area contributed by atoms with E-state index < -0.39 is 0 Å². The Morgan fingerprint density at radius 3 is 2.52 bits per heavy atom. The highest BCUT2D eigenvalue weighted by molar-refractivity contribution is 8.26. The molecular formula is C21H22N2O2S2. The van der Waals surface area contributed by atoms with Gasteiger partial charge >= 0.3 is 0 Å². The molecule has 0 saturated carbocycles. The van der Waals surface area contributed by atoms with Gasteiger partial charge in [0.05, 0.1) is 4.91 Å². The molecule has 1 amide bonds. The maximum Gasteiger partial charge on any atom is 0.263 e. The second-order valence-electron chi connectivity index (χ2n) is 6.02. The lowest BCUT2D eigenvalue weighted by Crippen LogP contribution is -2.21. The van der Waals surface area contributed by atoms with Crippen LogP contribution in [0.25, 0.3) is 6.08 Å². The Balaban J connectivity index is 1.92. The van der Waals surface area contributed by atoms with E-state index in [1.165, 1.54) is 11.8 Å². The summed E-state index contributed by atoms with van der Waals surface area (Å²) in [5, 5.41) is 2.65. The summed E-state index contributed by atoms with van der Waals surface area (Å²) in [6.45, 7) is 6.56. The van der Waals surface area contributed by atoms with Gasteiger partial charge in [0.1, 0.15) is 16.7 Å². The van der Waals surface area contributed by atoms with Crippen LogP contribution in [0, 0.1) is 0 Å². The van der Waals surface area contributed by atoms with Crippen molar-refractivity contribution in [1.82, 2.24) is 5.32 Å². The fraction of sp³-hybridized carbons (Fsp3) is 0.238. The van der Waals surface area contributed by atoms with E-state index in [9.17, 15) is 4.79 Å². The van der Waals surface area contributed by atoms with E-state index in [0.717, 1.165) is 35.7 Å². The molecule has 6 heteroatoms. The van der Waals surface area contributed by atoms with Gasteiger partial charge < -0.3 is 15.0 Å². The van der Waals surface area contributed by atoms with Gasteiger partial charge in [0.25, 0.3) is 5.91 Å². The predicted molar refractivity (Wildman–Crippen MR) is 117 cm³/mol. The van der Waals surface area contributed by atoms with Crippen molar-refractivity contribution in [3.8, 4) is 5.75 Å². The van der Waals surface area contributed by atoms with Gasteiger partial charge in [-0.15, -0.1) is 0 Å². The van der Waals surface area contributed by atoms with Crippen molar-refractivity contribution in [3.05, 3.63) is 64.6 Å². The summed E-state index contributed by atoms with van der Waals surface area (Å²) in [5.74, 6) is 0.591. The zero-order valence-corrected chi connectivity index (χ0v) is 17.0. The van der Waals surface area contributed by atoms with Crippen LogP contribution in [0.2, 0.25) is 0 Å². The molecule has 27 heavy (non-hydrogen) atoms. The zero-order chi connectivity index (χ0) is 19.2. The zero-order valence-electron chi connectivity index (χ0n) is 15.4. The molecule has 4 nitrogen and oxygen atoms in total. The Labute approximate surface area is 169 Å². The molecule has 2 aromatic rings. The highest BCUT2D eigenvalue weighted by Gasteiger charge is 2.22. The van der Waals surface area contributed by atoms with Crippen LogP contribution in [0.15, 0.2) is 53.4 Å². The Bertz CT molecular complexity index is 862. The number of ether oxygens (including phenoxy) is 1. The SMILES string of the molecule is CCN(CC)c1ccc(/C=C2/SC(=S)NC2=O)c(OCc2ccccc2)c1. The van der Waals surface area contributed by atoms with E-state index in [0.29, 0.717) is 15.8 Å². The molecule has 140 valence electrons. The van der Waals surface area contributed by atoms with E-state index in [4.69, 9.17) is 17.0 Å². The number of carbonyl (C=O) groups excluding carboxylic acids is 1. The fourth-order valence-electron chi connectivity index (χ4n) is 2.85. The van der Waals surface area contributed by atoms with Gasteiger partial charge in [-0.3, -0.25) is 4.79 Å². The Hall–Kier alpha value is -2.31. The number of anilines is 1. The first-order valence-electron chi connectivity index (χ1n) is 8.91. The molecule has 1 aliphatic heterocycles. The third-order valence-electron chi connectivity index (χ3n) is 4.29. The highest BCUT2D eigenvalue weighted by atomic mass is 32.2. The van der Waals surface area contributed by atoms with Crippen LogP contribution in [-0.2, 0) is 11.4 Å². The molecule has 1 fully saturated rings. The van der Waals surface area contributed by atoms with E-state index in [1.807, 2.05) is 48.5 Å². The number of thiocarbonyl (C=S) groups is 1. The number of hydrogen-bond donors (Lipinski definition) is 1. The van der Waals surface area contributed by atoms with E-state index in [1.54, 1.807) is 0 Å². The van der Waals surface area contributed by atoms with E-state index in [-0.39, 0.29) is 5.91 Å². The lowest BCUT2D eigenvalue weighted by molar-refractivity contribution is -0.115. The van der Waals surface area contributed by atoms with Gasteiger partial charge in [-0.2, -0.15) is 0 Å².